The van der Waals surface area contributed by atoms with Gasteiger partial charge in [-0.05, 0) is 38.8 Å². The molecule has 1 saturated carbocycles. The number of nitrogens with two attached hydrogens (primary N) is 1. The van der Waals surface area contributed by atoms with Gasteiger partial charge in [0.1, 0.15) is 0 Å². The van der Waals surface area contributed by atoms with Gasteiger partial charge in [0.15, 0.2) is 0 Å². The third-order valence-corrected chi connectivity index (χ3v) is 5.17. The summed E-state index contributed by atoms with van der Waals surface area (Å²) in [4.78, 5) is 12.5. The monoisotopic (exact) mass is 283 g/mol. The lowest BCUT2D eigenvalue weighted by Gasteiger charge is -2.38. The van der Waals surface area contributed by atoms with Crippen molar-refractivity contribution in [2.24, 2.45) is 16.6 Å². The minimum absolute atomic E-state index is 0.0874. The molecule has 5 heteroatoms. The molecule has 2 fully saturated rings. The molecule has 116 valence electrons. The molecule has 0 radical (unpaired) electrons. The fourth-order valence-corrected chi connectivity index (χ4v) is 3.67. The van der Waals surface area contributed by atoms with Gasteiger partial charge in [0.25, 0.3) is 0 Å². The molecule has 0 bridgehead atoms. The van der Waals surface area contributed by atoms with Crippen molar-refractivity contribution >= 4 is 5.91 Å². The van der Waals surface area contributed by atoms with Crippen molar-refractivity contribution in [1.29, 1.82) is 0 Å². The van der Waals surface area contributed by atoms with Crippen molar-refractivity contribution < 1.29 is 9.53 Å². The Morgan fingerprint density at radius 2 is 1.90 bits per heavy atom. The Balaban J connectivity index is 1.93. The molecular formula is C15H29N3O2. The molecule has 1 amide bonds. The number of carbonyl (C=O) groups excluding carboxylic acids is 1. The lowest BCUT2D eigenvalue weighted by Crippen LogP contribution is -2.51. The van der Waals surface area contributed by atoms with Crippen LogP contribution in [0.15, 0.2) is 0 Å². The third-order valence-electron chi connectivity index (χ3n) is 5.17. The predicted octanol–water partition coefficient (Wildman–Crippen LogP) is 0.638. The molecule has 0 aromatic heterocycles. The summed E-state index contributed by atoms with van der Waals surface area (Å²) in [6.45, 7) is 3.90. The highest BCUT2D eigenvalue weighted by Gasteiger charge is 2.41. The van der Waals surface area contributed by atoms with Gasteiger partial charge >= 0.3 is 0 Å². The molecule has 1 aliphatic carbocycles. The van der Waals surface area contributed by atoms with Crippen LogP contribution >= 0.6 is 0 Å². The van der Waals surface area contributed by atoms with Crippen LogP contribution in [0.3, 0.4) is 0 Å². The molecule has 1 heterocycles. The Morgan fingerprint density at radius 1 is 1.25 bits per heavy atom. The zero-order valence-electron chi connectivity index (χ0n) is 12.7. The summed E-state index contributed by atoms with van der Waals surface area (Å²) in [5.74, 6) is 0.159. The van der Waals surface area contributed by atoms with E-state index in [0.717, 1.165) is 51.6 Å². The van der Waals surface area contributed by atoms with E-state index in [9.17, 15) is 4.79 Å². The number of ether oxygens (including phenoxy) is 1. The first-order valence-corrected chi connectivity index (χ1v) is 7.84. The fourth-order valence-electron chi connectivity index (χ4n) is 3.67. The summed E-state index contributed by atoms with van der Waals surface area (Å²) in [5, 5.41) is 6.56. The highest BCUT2D eigenvalue weighted by atomic mass is 16.5. The van der Waals surface area contributed by atoms with Gasteiger partial charge in [-0.25, -0.2) is 0 Å². The molecule has 4 N–H and O–H groups in total. The number of amides is 1. The Labute approximate surface area is 122 Å². The number of rotatable bonds is 6. The molecule has 0 aromatic carbocycles. The van der Waals surface area contributed by atoms with E-state index >= 15 is 0 Å². The van der Waals surface area contributed by atoms with E-state index in [1.165, 1.54) is 0 Å². The summed E-state index contributed by atoms with van der Waals surface area (Å²) in [5.41, 5.74) is 5.66. The highest BCUT2D eigenvalue weighted by molar-refractivity contribution is 5.83. The van der Waals surface area contributed by atoms with Crippen LogP contribution in [0, 0.1) is 10.8 Å². The van der Waals surface area contributed by atoms with Crippen LogP contribution in [0.2, 0.25) is 0 Å². The summed E-state index contributed by atoms with van der Waals surface area (Å²) in [7, 11) is 1.74. The molecular weight excluding hydrogens is 254 g/mol. The maximum absolute atomic E-state index is 12.5. The van der Waals surface area contributed by atoms with E-state index in [1.807, 2.05) is 0 Å². The Bertz CT molecular complexity index is 316. The maximum atomic E-state index is 12.5. The number of methoxy groups -OCH3 is 1. The standard InChI is InChI=1S/C15H29N3O2/c1-20-12-14(6-8-17-9-7-14)11-18-13(19)15(10-16)4-2-3-5-15/h17H,2-12,16H2,1H3,(H,18,19). The number of nitrogens with one attached hydrogen (secondary N) is 2. The highest BCUT2D eigenvalue weighted by Crippen LogP contribution is 2.37. The second kappa shape index (κ2) is 6.87. The van der Waals surface area contributed by atoms with E-state index in [0.29, 0.717) is 19.7 Å². The molecule has 2 aliphatic rings. The number of piperidine rings is 1. The zero-order chi connectivity index (χ0) is 14.5. The van der Waals surface area contributed by atoms with E-state index in [4.69, 9.17) is 10.5 Å². The largest absolute Gasteiger partial charge is 0.384 e. The smallest absolute Gasteiger partial charge is 0.227 e. The number of hydrogen-bond acceptors (Lipinski definition) is 4. The van der Waals surface area contributed by atoms with Crippen molar-refractivity contribution in [2.45, 2.75) is 38.5 Å². The van der Waals surface area contributed by atoms with Crippen molar-refractivity contribution in [3.05, 3.63) is 0 Å². The van der Waals surface area contributed by atoms with E-state index < -0.39 is 0 Å². The van der Waals surface area contributed by atoms with Gasteiger partial charge in [-0.2, -0.15) is 0 Å². The van der Waals surface area contributed by atoms with Crippen molar-refractivity contribution in [3.8, 4) is 0 Å². The topological polar surface area (TPSA) is 76.4 Å². The average Bonchev–Trinajstić information content (AvgIpc) is 2.96. The molecule has 5 nitrogen and oxygen atoms in total. The number of carbonyl (C=O) groups is 1. The van der Waals surface area contributed by atoms with Gasteiger partial charge in [-0.3, -0.25) is 4.79 Å². The minimum atomic E-state index is -0.304. The van der Waals surface area contributed by atoms with E-state index in [-0.39, 0.29) is 16.7 Å². The van der Waals surface area contributed by atoms with Crippen LogP contribution < -0.4 is 16.4 Å². The van der Waals surface area contributed by atoms with Gasteiger partial charge in [-0.1, -0.05) is 12.8 Å². The molecule has 0 aromatic rings. The van der Waals surface area contributed by atoms with Crippen LogP contribution in [-0.2, 0) is 9.53 Å². The van der Waals surface area contributed by atoms with E-state index in [2.05, 4.69) is 10.6 Å². The van der Waals surface area contributed by atoms with Crippen LogP contribution in [0.25, 0.3) is 0 Å². The maximum Gasteiger partial charge on any atom is 0.227 e. The minimum Gasteiger partial charge on any atom is -0.384 e. The van der Waals surface area contributed by atoms with Crippen LogP contribution in [0.1, 0.15) is 38.5 Å². The second-order valence-corrected chi connectivity index (χ2v) is 6.56. The predicted molar refractivity (Wildman–Crippen MR) is 79.4 cm³/mol. The molecule has 2 rings (SSSR count). The van der Waals surface area contributed by atoms with Crippen LogP contribution in [-0.4, -0.2) is 45.8 Å². The molecule has 1 saturated heterocycles. The summed E-state index contributed by atoms with van der Waals surface area (Å²) in [6.07, 6.45) is 6.23. The molecule has 0 spiro atoms. The molecule has 0 unspecified atom stereocenters. The SMILES string of the molecule is COCC1(CNC(=O)C2(CN)CCCC2)CCNCC1. The Morgan fingerprint density at radius 3 is 2.45 bits per heavy atom. The Kier molecular flexibility index (Phi) is 5.41. The van der Waals surface area contributed by atoms with Crippen LogP contribution in [0.4, 0.5) is 0 Å². The Hall–Kier alpha value is -0.650. The van der Waals surface area contributed by atoms with Crippen molar-refractivity contribution in [2.75, 3.05) is 39.9 Å². The third kappa shape index (κ3) is 3.32. The van der Waals surface area contributed by atoms with Crippen molar-refractivity contribution in [1.82, 2.24) is 10.6 Å². The quantitative estimate of drug-likeness (QED) is 0.668. The number of hydrogen-bond donors (Lipinski definition) is 3. The first-order chi connectivity index (χ1) is 9.66. The average molecular weight is 283 g/mol. The van der Waals surface area contributed by atoms with Crippen LogP contribution in [0.5, 0.6) is 0 Å². The molecule has 0 atom stereocenters. The van der Waals surface area contributed by atoms with Gasteiger partial charge < -0.3 is 21.1 Å². The summed E-state index contributed by atoms with van der Waals surface area (Å²) >= 11 is 0. The lowest BCUT2D eigenvalue weighted by atomic mass is 9.78. The first-order valence-electron chi connectivity index (χ1n) is 7.84. The van der Waals surface area contributed by atoms with Crippen molar-refractivity contribution in [3.63, 3.8) is 0 Å². The van der Waals surface area contributed by atoms with Gasteiger partial charge in [-0.15, -0.1) is 0 Å². The molecule has 20 heavy (non-hydrogen) atoms. The van der Waals surface area contributed by atoms with E-state index in [1.54, 1.807) is 7.11 Å². The summed E-state index contributed by atoms with van der Waals surface area (Å²) < 4.78 is 5.39. The van der Waals surface area contributed by atoms with Gasteiger partial charge in [0.2, 0.25) is 5.91 Å². The zero-order valence-corrected chi connectivity index (χ0v) is 12.7. The summed E-state index contributed by atoms with van der Waals surface area (Å²) in [6, 6.07) is 0. The lowest BCUT2D eigenvalue weighted by molar-refractivity contribution is -0.131. The van der Waals surface area contributed by atoms with Gasteiger partial charge in [0, 0.05) is 25.6 Å². The first kappa shape index (κ1) is 15.7. The fraction of sp³-hybridized carbons (Fsp3) is 0.933. The molecule has 1 aliphatic heterocycles. The second-order valence-electron chi connectivity index (χ2n) is 6.56. The van der Waals surface area contributed by atoms with Gasteiger partial charge in [0.05, 0.1) is 12.0 Å². The normalized spacial score (nSPS) is 24.5.